The van der Waals surface area contributed by atoms with Crippen molar-refractivity contribution >= 4 is 35.7 Å². The van der Waals surface area contributed by atoms with Gasteiger partial charge in [-0.2, -0.15) is 0 Å². The van der Waals surface area contributed by atoms with E-state index in [1.807, 2.05) is 6.07 Å². The van der Waals surface area contributed by atoms with E-state index in [4.69, 9.17) is 4.74 Å². The van der Waals surface area contributed by atoms with E-state index in [0.29, 0.717) is 0 Å². The van der Waals surface area contributed by atoms with E-state index in [2.05, 4.69) is 29.1 Å². The number of fused-ring (bicyclic) bond motifs is 3. The van der Waals surface area contributed by atoms with Crippen molar-refractivity contribution in [2.75, 3.05) is 20.7 Å². The molecule has 2 aromatic rings. The number of aromatic nitrogens is 1. The zero-order valence-electron chi connectivity index (χ0n) is 10.5. The van der Waals surface area contributed by atoms with Crippen LogP contribution in [0.25, 0.3) is 10.9 Å². The van der Waals surface area contributed by atoms with E-state index in [9.17, 15) is 0 Å². The van der Waals surface area contributed by atoms with E-state index in [-0.39, 0.29) is 24.8 Å². The maximum absolute atomic E-state index is 5.28. The molecule has 5 heteroatoms. The SMILES string of the molecule is COc1ccc2[nH]c3c(c2c1)CN(C)CC3.Cl.Cl. The maximum Gasteiger partial charge on any atom is 0.119 e. The number of nitrogens with one attached hydrogen (secondary N) is 1. The van der Waals surface area contributed by atoms with Crippen LogP contribution in [0, 0.1) is 0 Å². The van der Waals surface area contributed by atoms with E-state index >= 15 is 0 Å². The number of benzene rings is 1. The Morgan fingerprint density at radius 1 is 1.28 bits per heavy atom. The Morgan fingerprint density at radius 2 is 2.06 bits per heavy atom. The van der Waals surface area contributed by atoms with Gasteiger partial charge < -0.3 is 14.6 Å². The second-order valence-corrected chi connectivity index (χ2v) is 4.48. The predicted octanol–water partition coefficient (Wildman–Crippen LogP) is 3.01. The number of likely N-dealkylation sites (N-methyl/N-ethyl adjacent to an activating group) is 1. The van der Waals surface area contributed by atoms with Gasteiger partial charge in [0, 0.05) is 36.1 Å². The lowest BCUT2D eigenvalue weighted by Crippen LogP contribution is -2.25. The highest BCUT2D eigenvalue weighted by Gasteiger charge is 2.18. The number of H-pyrrole nitrogens is 1. The fraction of sp³-hybridized carbons (Fsp3) is 0.385. The number of aromatic amines is 1. The molecule has 0 aliphatic carbocycles. The molecule has 1 aromatic heterocycles. The van der Waals surface area contributed by atoms with Crippen LogP contribution < -0.4 is 4.74 Å². The van der Waals surface area contributed by atoms with Crippen molar-refractivity contribution < 1.29 is 4.74 Å². The fourth-order valence-corrected chi connectivity index (χ4v) is 2.46. The molecule has 0 fully saturated rings. The molecule has 3 rings (SSSR count). The molecule has 1 aliphatic heterocycles. The summed E-state index contributed by atoms with van der Waals surface area (Å²) in [6, 6.07) is 6.24. The zero-order chi connectivity index (χ0) is 11.1. The highest BCUT2D eigenvalue weighted by atomic mass is 35.5. The standard InChI is InChI=1S/C13H16N2O.2ClH/c1-15-6-5-13-11(8-15)10-7-9(16-2)3-4-12(10)14-13;;/h3-4,7,14H,5-6,8H2,1-2H3;2*1H. The molecule has 1 aromatic carbocycles. The van der Waals surface area contributed by atoms with Crippen LogP contribution >= 0.6 is 24.8 Å². The normalized spacial score (nSPS) is 14.6. The maximum atomic E-state index is 5.28. The Bertz CT molecular complexity index is 539. The summed E-state index contributed by atoms with van der Waals surface area (Å²) in [5, 5.41) is 1.31. The van der Waals surface area contributed by atoms with Crippen LogP contribution in [0.2, 0.25) is 0 Å². The molecule has 3 nitrogen and oxygen atoms in total. The topological polar surface area (TPSA) is 28.3 Å². The van der Waals surface area contributed by atoms with E-state index in [1.54, 1.807) is 7.11 Å². The summed E-state index contributed by atoms with van der Waals surface area (Å²) in [6.45, 7) is 2.17. The lowest BCUT2D eigenvalue weighted by Gasteiger charge is -2.22. The van der Waals surface area contributed by atoms with Gasteiger partial charge in [-0.15, -0.1) is 24.8 Å². The molecule has 1 N–H and O–H groups in total. The average molecular weight is 289 g/mol. The van der Waals surface area contributed by atoms with Crippen molar-refractivity contribution in [3.63, 3.8) is 0 Å². The smallest absolute Gasteiger partial charge is 0.119 e. The van der Waals surface area contributed by atoms with Gasteiger partial charge in [-0.3, -0.25) is 0 Å². The second kappa shape index (κ2) is 5.83. The first-order valence-corrected chi connectivity index (χ1v) is 5.64. The first-order valence-electron chi connectivity index (χ1n) is 5.64. The van der Waals surface area contributed by atoms with Gasteiger partial charge >= 0.3 is 0 Å². The third-order valence-corrected chi connectivity index (χ3v) is 3.37. The first kappa shape index (κ1) is 15.2. The lowest BCUT2D eigenvalue weighted by molar-refractivity contribution is 0.313. The Labute approximate surface area is 119 Å². The molecule has 100 valence electrons. The van der Waals surface area contributed by atoms with E-state index in [1.165, 1.54) is 22.2 Å². The minimum atomic E-state index is 0. The van der Waals surface area contributed by atoms with Crippen molar-refractivity contribution in [2.24, 2.45) is 0 Å². The number of halogens is 2. The third-order valence-electron chi connectivity index (χ3n) is 3.37. The molecule has 0 unspecified atom stereocenters. The molecule has 0 atom stereocenters. The van der Waals surface area contributed by atoms with Gasteiger partial charge in [-0.05, 0) is 30.8 Å². The van der Waals surface area contributed by atoms with Crippen LogP contribution in [-0.2, 0) is 13.0 Å². The van der Waals surface area contributed by atoms with Crippen LogP contribution in [0.3, 0.4) is 0 Å². The van der Waals surface area contributed by atoms with Crippen LogP contribution in [0.15, 0.2) is 18.2 Å². The molecule has 0 radical (unpaired) electrons. The molecule has 0 saturated heterocycles. The first-order chi connectivity index (χ1) is 7.78. The summed E-state index contributed by atoms with van der Waals surface area (Å²) in [5.41, 5.74) is 4.05. The molecular formula is C13H18Cl2N2O. The third kappa shape index (κ3) is 2.44. The summed E-state index contributed by atoms with van der Waals surface area (Å²) in [4.78, 5) is 5.86. The predicted molar refractivity (Wildman–Crippen MR) is 79.4 cm³/mol. The van der Waals surface area contributed by atoms with Crippen molar-refractivity contribution in [3.8, 4) is 5.75 Å². The minimum absolute atomic E-state index is 0. The highest BCUT2D eigenvalue weighted by molar-refractivity contribution is 5.86. The highest BCUT2D eigenvalue weighted by Crippen LogP contribution is 2.29. The Morgan fingerprint density at radius 3 is 2.78 bits per heavy atom. The largest absolute Gasteiger partial charge is 0.497 e. The molecule has 1 aliphatic rings. The van der Waals surface area contributed by atoms with E-state index < -0.39 is 0 Å². The molecule has 0 saturated carbocycles. The Kier molecular flexibility index (Phi) is 4.91. The van der Waals surface area contributed by atoms with Gasteiger partial charge in [0.1, 0.15) is 5.75 Å². The van der Waals surface area contributed by atoms with Gasteiger partial charge in [-0.25, -0.2) is 0 Å². The molecule has 2 heterocycles. The van der Waals surface area contributed by atoms with Crippen LogP contribution in [0.5, 0.6) is 5.75 Å². The molecule has 0 spiro atoms. The van der Waals surface area contributed by atoms with Gasteiger partial charge in [-0.1, -0.05) is 0 Å². The summed E-state index contributed by atoms with van der Waals surface area (Å²) in [7, 11) is 3.88. The van der Waals surface area contributed by atoms with Crippen molar-refractivity contribution in [3.05, 3.63) is 29.5 Å². The van der Waals surface area contributed by atoms with Crippen LogP contribution in [0.4, 0.5) is 0 Å². The van der Waals surface area contributed by atoms with Crippen LogP contribution in [0.1, 0.15) is 11.3 Å². The molecular weight excluding hydrogens is 271 g/mol. The summed E-state index contributed by atoms with van der Waals surface area (Å²) in [5.74, 6) is 0.933. The lowest BCUT2D eigenvalue weighted by atomic mass is 10.1. The monoisotopic (exact) mass is 288 g/mol. The van der Waals surface area contributed by atoms with Gasteiger partial charge in [0.25, 0.3) is 0 Å². The minimum Gasteiger partial charge on any atom is -0.497 e. The van der Waals surface area contributed by atoms with Gasteiger partial charge in [0.15, 0.2) is 0 Å². The zero-order valence-corrected chi connectivity index (χ0v) is 12.2. The Balaban J connectivity index is 0.000000810. The van der Waals surface area contributed by atoms with Crippen LogP contribution in [-0.4, -0.2) is 30.6 Å². The Hall–Kier alpha value is -0.900. The van der Waals surface area contributed by atoms with Crippen molar-refractivity contribution in [1.82, 2.24) is 9.88 Å². The summed E-state index contributed by atoms with van der Waals surface area (Å²) >= 11 is 0. The molecule has 0 amide bonds. The van der Waals surface area contributed by atoms with E-state index in [0.717, 1.165) is 25.3 Å². The quantitative estimate of drug-likeness (QED) is 0.874. The van der Waals surface area contributed by atoms with Crippen molar-refractivity contribution in [2.45, 2.75) is 13.0 Å². The van der Waals surface area contributed by atoms with Gasteiger partial charge in [0.2, 0.25) is 0 Å². The summed E-state index contributed by atoms with van der Waals surface area (Å²) in [6.07, 6.45) is 1.11. The molecule has 0 bridgehead atoms. The van der Waals surface area contributed by atoms with Crippen molar-refractivity contribution in [1.29, 1.82) is 0 Å². The number of hydrogen-bond donors (Lipinski definition) is 1. The second-order valence-electron chi connectivity index (χ2n) is 4.48. The summed E-state index contributed by atoms with van der Waals surface area (Å²) < 4.78 is 5.28. The van der Waals surface area contributed by atoms with Gasteiger partial charge in [0.05, 0.1) is 7.11 Å². The average Bonchev–Trinajstić information content (AvgIpc) is 2.66. The number of ether oxygens (including phenoxy) is 1. The number of methoxy groups -OCH3 is 1. The number of rotatable bonds is 1. The number of nitrogens with zero attached hydrogens (tertiary/aromatic N) is 1. The fourth-order valence-electron chi connectivity index (χ4n) is 2.46. The molecule has 18 heavy (non-hydrogen) atoms. The number of hydrogen-bond acceptors (Lipinski definition) is 2.